The number of ether oxygens (including phenoxy) is 1. The molecule has 0 saturated heterocycles. The van der Waals surface area contributed by atoms with Gasteiger partial charge < -0.3 is 20.3 Å². The number of nitrogens with zero attached hydrogens (tertiary/aromatic N) is 1. The van der Waals surface area contributed by atoms with Crippen LogP contribution in [0.5, 0.6) is 0 Å². The average molecular weight is 301 g/mol. The predicted octanol–water partition coefficient (Wildman–Crippen LogP) is 0.599. The Morgan fingerprint density at radius 2 is 1.62 bits per heavy atom. The molecule has 0 aliphatic carbocycles. The first kappa shape index (κ1) is 19.2. The molecule has 21 heavy (non-hydrogen) atoms. The van der Waals surface area contributed by atoms with E-state index in [9.17, 15) is 14.4 Å². The molecule has 0 aliphatic rings. The summed E-state index contributed by atoms with van der Waals surface area (Å²) in [6, 6.07) is -0.234. The van der Waals surface area contributed by atoms with Crippen LogP contribution in [0.2, 0.25) is 0 Å². The van der Waals surface area contributed by atoms with E-state index < -0.39 is 17.3 Å². The second kappa shape index (κ2) is 8.49. The Balaban J connectivity index is 4.44. The van der Waals surface area contributed by atoms with Crippen molar-refractivity contribution in [3.63, 3.8) is 0 Å². The van der Waals surface area contributed by atoms with Gasteiger partial charge in [-0.2, -0.15) is 0 Å². The Hall–Kier alpha value is -1.79. The first-order valence-corrected chi connectivity index (χ1v) is 7.00. The van der Waals surface area contributed by atoms with E-state index in [1.807, 2.05) is 20.8 Å². The number of hydrogen-bond donors (Lipinski definition) is 2. The maximum atomic E-state index is 12.1. The van der Waals surface area contributed by atoms with E-state index in [2.05, 4.69) is 10.6 Å². The number of carbonyl (C=O) groups is 3. The van der Waals surface area contributed by atoms with Crippen molar-refractivity contribution in [2.75, 3.05) is 33.8 Å². The highest BCUT2D eigenvalue weighted by molar-refractivity contribution is 5.98. The largest absolute Gasteiger partial charge is 0.465 e. The predicted molar refractivity (Wildman–Crippen MR) is 79.7 cm³/mol. The smallest absolute Gasteiger partial charge is 0.319 e. The third kappa shape index (κ3) is 6.97. The van der Waals surface area contributed by atoms with Gasteiger partial charge in [0.15, 0.2) is 0 Å². The molecule has 0 saturated carbocycles. The van der Waals surface area contributed by atoms with Crippen LogP contribution in [0.4, 0.5) is 4.79 Å². The fourth-order valence-electron chi connectivity index (χ4n) is 1.69. The summed E-state index contributed by atoms with van der Waals surface area (Å²) in [5.41, 5.74) is -0.538. The van der Waals surface area contributed by atoms with Gasteiger partial charge in [-0.05, 0) is 12.3 Å². The second-order valence-corrected chi connectivity index (χ2v) is 5.97. The molecule has 0 spiro atoms. The van der Waals surface area contributed by atoms with E-state index in [0.717, 1.165) is 0 Å². The molecule has 2 N–H and O–H groups in total. The molecule has 1 atom stereocenters. The minimum absolute atomic E-state index is 0.234. The Bertz CT molecular complexity index is 375. The molecule has 0 rings (SSSR count). The number of esters is 1. The van der Waals surface area contributed by atoms with Crippen molar-refractivity contribution in [1.82, 2.24) is 15.5 Å². The van der Waals surface area contributed by atoms with Crippen molar-refractivity contribution in [1.29, 1.82) is 0 Å². The van der Waals surface area contributed by atoms with Crippen LogP contribution in [0.3, 0.4) is 0 Å². The van der Waals surface area contributed by atoms with Crippen molar-refractivity contribution < 1.29 is 19.1 Å². The number of amides is 3. The van der Waals surface area contributed by atoms with Gasteiger partial charge in [-0.3, -0.25) is 9.59 Å². The van der Waals surface area contributed by atoms with Gasteiger partial charge in [0.2, 0.25) is 5.91 Å². The van der Waals surface area contributed by atoms with Gasteiger partial charge in [-0.1, -0.05) is 20.8 Å². The molecule has 0 radical (unpaired) electrons. The van der Waals surface area contributed by atoms with Gasteiger partial charge in [0.05, 0.1) is 6.61 Å². The molecular formula is C14H27N3O4. The third-order valence-corrected chi connectivity index (χ3v) is 2.76. The Morgan fingerprint density at radius 3 is 2.05 bits per heavy atom. The van der Waals surface area contributed by atoms with Crippen LogP contribution in [0.15, 0.2) is 0 Å². The number of carbonyl (C=O) groups excluding carboxylic acids is 3. The van der Waals surface area contributed by atoms with Gasteiger partial charge in [0.25, 0.3) is 0 Å². The minimum Gasteiger partial charge on any atom is -0.465 e. The molecular weight excluding hydrogens is 274 g/mol. The van der Waals surface area contributed by atoms with Crippen molar-refractivity contribution in [2.45, 2.75) is 27.7 Å². The Labute approximate surface area is 126 Å². The van der Waals surface area contributed by atoms with Crippen LogP contribution in [-0.2, 0) is 14.3 Å². The summed E-state index contributed by atoms with van der Waals surface area (Å²) in [4.78, 5) is 36.8. The first-order chi connectivity index (χ1) is 9.61. The first-order valence-electron chi connectivity index (χ1n) is 7.00. The SMILES string of the molecule is CCOC(=O)C(C(=O)NCCNC(=O)N(C)C)C(C)(C)C. The molecule has 3 amide bonds. The molecule has 7 heteroatoms. The Morgan fingerprint density at radius 1 is 1.10 bits per heavy atom. The van der Waals surface area contributed by atoms with E-state index in [1.165, 1.54) is 4.90 Å². The highest BCUT2D eigenvalue weighted by Gasteiger charge is 2.38. The fourth-order valence-corrected chi connectivity index (χ4v) is 1.69. The van der Waals surface area contributed by atoms with Crippen molar-refractivity contribution >= 4 is 17.9 Å². The van der Waals surface area contributed by atoms with Crippen molar-refractivity contribution in [2.24, 2.45) is 11.3 Å². The summed E-state index contributed by atoms with van der Waals surface area (Å²) >= 11 is 0. The van der Waals surface area contributed by atoms with Crippen LogP contribution in [0.25, 0.3) is 0 Å². The zero-order valence-electron chi connectivity index (χ0n) is 13.8. The molecule has 0 aromatic rings. The van der Waals surface area contributed by atoms with E-state index in [0.29, 0.717) is 6.54 Å². The summed E-state index contributed by atoms with van der Waals surface area (Å²) < 4.78 is 4.95. The summed E-state index contributed by atoms with van der Waals surface area (Å²) in [6.07, 6.45) is 0. The summed E-state index contributed by atoms with van der Waals surface area (Å²) in [5.74, 6) is -1.79. The quantitative estimate of drug-likeness (QED) is 0.427. The van der Waals surface area contributed by atoms with Crippen molar-refractivity contribution in [3.05, 3.63) is 0 Å². The fraction of sp³-hybridized carbons (Fsp3) is 0.786. The molecule has 1 unspecified atom stereocenters. The second-order valence-electron chi connectivity index (χ2n) is 5.97. The molecule has 0 aliphatic heterocycles. The maximum absolute atomic E-state index is 12.1. The van der Waals surface area contributed by atoms with Crippen molar-refractivity contribution in [3.8, 4) is 0 Å². The van der Waals surface area contributed by atoms with Crippen LogP contribution in [0, 0.1) is 11.3 Å². The molecule has 0 fully saturated rings. The summed E-state index contributed by atoms with van der Waals surface area (Å²) in [7, 11) is 3.26. The standard InChI is InChI=1S/C14H27N3O4/c1-7-21-12(19)10(14(2,3)4)11(18)15-8-9-16-13(20)17(5)6/h10H,7-9H2,1-6H3,(H,15,18)(H,16,20). The van der Waals surface area contributed by atoms with Gasteiger partial charge >= 0.3 is 12.0 Å². The number of hydrogen-bond acceptors (Lipinski definition) is 4. The number of urea groups is 1. The van der Waals surface area contributed by atoms with E-state index in [1.54, 1.807) is 21.0 Å². The van der Waals surface area contributed by atoms with Gasteiger partial charge in [-0.15, -0.1) is 0 Å². The molecule has 0 heterocycles. The van der Waals surface area contributed by atoms with E-state index >= 15 is 0 Å². The number of nitrogens with one attached hydrogen (secondary N) is 2. The van der Waals surface area contributed by atoms with Crippen LogP contribution in [0.1, 0.15) is 27.7 Å². The van der Waals surface area contributed by atoms with Crippen LogP contribution >= 0.6 is 0 Å². The minimum atomic E-state index is -0.873. The van der Waals surface area contributed by atoms with Crippen LogP contribution in [-0.4, -0.2) is 56.6 Å². The van der Waals surface area contributed by atoms with E-state index in [4.69, 9.17) is 4.74 Å². The highest BCUT2D eigenvalue weighted by atomic mass is 16.5. The normalized spacial score (nSPS) is 12.3. The lowest BCUT2D eigenvalue weighted by atomic mass is 9.80. The lowest BCUT2D eigenvalue weighted by molar-refractivity contribution is -0.156. The maximum Gasteiger partial charge on any atom is 0.319 e. The zero-order valence-corrected chi connectivity index (χ0v) is 13.8. The lowest BCUT2D eigenvalue weighted by Gasteiger charge is -2.27. The Kier molecular flexibility index (Phi) is 7.76. The van der Waals surface area contributed by atoms with Gasteiger partial charge in [0, 0.05) is 27.2 Å². The lowest BCUT2D eigenvalue weighted by Crippen LogP contribution is -2.46. The molecule has 7 nitrogen and oxygen atoms in total. The average Bonchev–Trinajstić information content (AvgIpc) is 2.32. The number of rotatable bonds is 6. The third-order valence-electron chi connectivity index (χ3n) is 2.76. The molecule has 0 bridgehead atoms. The molecule has 0 aromatic carbocycles. The van der Waals surface area contributed by atoms with E-state index in [-0.39, 0.29) is 25.1 Å². The monoisotopic (exact) mass is 301 g/mol. The molecule has 0 aromatic heterocycles. The zero-order chi connectivity index (χ0) is 16.6. The topological polar surface area (TPSA) is 87.7 Å². The molecule has 122 valence electrons. The summed E-state index contributed by atoms with van der Waals surface area (Å²) in [5, 5.41) is 5.28. The van der Waals surface area contributed by atoms with Gasteiger partial charge in [-0.25, -0.2) is 4.79 Å². The highest BCUT2D eigenvalue weighted by Crippen LogP contribution is 2.27. The van der Waals surface area contributed by atoms with Gasteiger partial charge in [0.1, 0.15) is 5.92 Å². The van der Waals surface area contributed by atoms with Crippen LogP contribution < -0.4 is 10.6 Å². The summed E-state index contributed by atoms with van der Waals surface area (Å²) in [6.45, 7) is 7.91.